The third-order valence-corrected chi connectivity index (χ3v) is 7.22. The van der Waals surface area contributed by atoms with Crippen molar-refractivity contribution in [3.8, 4) is 6.07 Å². The van der Waals surface area contributed by atoms with Gasteiger partial charge in [-0.3, -0.25) is 14.4 Å². The van der Waals surface area contributed by atoms with E-state index in [2.05, 4.69) is 72.9 Å². The normalized spacial score (nSPS) is 20.2. The maximum absolute atomic E-state index is 12.8. The van der Waals surface area contributed by atoms with E-state index in [0.717, 1.165) is 42.7 Å². The molecule has 2 aromatic heterocycles. The van der Waals surface area contributed by atoms with Gasteiger partial charge in [0.1, 0.15) is 12.1 Å². The van der Waals surface area contributed by atoms with Crippen molar-refractivity contribution in [3.05, 3.63) is 58.0 Å². The molecule has 3 heterocycles. The van der Waals surface area contributed by atoms with Crippen molar-refractivity contribution in [1.82, 2.24) is 19.2 Å². The van der Waals surface area contributed by atoms with E-state index in [-0.39, 0.29) is 18.1 Å². The van der Waals surface area contributed by atoms with Gasteiger partial charge in [0, 0.05) is 44.3 Å². The third kappa shape index (κ3) is 4.28. The number of aryl methyl sites for hydroxylation is 2. The molecule has 0 spiro atoms. The fourth-order valence-corrected chi connectivity index (χ4v) is 5.10. The molecule has 174 valence electrons. The molecule has 0 radical (unpaired) electrons. The number of piperazine rings is 1. The lowest BCUT2D eigenvalue weighted by atomic mass is 9.96. The van der Waals surface area contributed by atoms with Crippen LogP contribution in [0.3, 0.4) is 0 Å². The number of benzene rings is 1. The standard InChI is InChI=1S/C26H34N6O/c1-6-21-16-32(22(7-2)15-31(21)19(4)20-10-8-18(3)9-11-20)23-14-25(33)29(5)24-17-30(13-12-27)28-26(23)24/h8-11,14,17,19,21-22H,6-7,13,15-16H2,1-5H3/t19-,21+,22-/m0/s1. The van der Waals surface area contributed by atoms with Crippen LogP contribution in [0.5, 0.6) is 0 Å². The Labute approximate surface area is 195 Å². The van der Waals surface area contributed by atoms with Crippen LogP contribution in [0, 0.1) is 18.3 Å². The zero-order valence-corrected chi connectivity index (χ0v) is 20.3. The lowest BCUT2D eigenvalue weighted by Gasteiger charge is -2.49. The average molecular weight is 447 g/mol. The van der Waals surface area contributed by atoms with Crippen molar-refractivity contribution >= 4 is 16.7 Å². The minimum absolute atomic E-state index is 0.0487. The van der Waals surface area contributed by atoms with Crippen LogP contribution in [0.25, 0.3) is 11.0 Å². The van der Waals surface area contributed by atoms with Gasteiger partial charge in [0.05, 0.1) is 23.5 Å². The molecule has 7 heteroatoms. The Morgan fingerprint density at radius 1 is 1.15 bits per heavy atom. The van der Waals surface area contributed by atoms with Crippen molar-refractivity contribution in [3.63, 3.8) is 0 Å². The summed E-state index contributed by atoms with van der Waals surface area (Å²) in [6, 6.07) is 13.7. The topological polar surface area (TPSA) is 70.1 Å². The van der Waals surface area contributed by atoms with Crippen LogP contribution in [-0.2, 0) is 13.6 Å². The van der Waals surface area contributed by atoms with E-state index in [1.807, 2.05) is 0 Å². The first-order chi connectivity index (χ1) is 15.9. The zero-order chi connectivity index (χ0) is 23.7. The number of rotatable bonds is 6. The van der Waals surface area contributed by atoms with Crippen LogP contribution in [0.1, 0.15) is 50.8 Å². The summed E-state index contributed by atoms with van der Waals surface area (Å²) in [5, 5.41) is 13.8. The lowest BCUT2D eigenvalue weighted by Crippen LogP contribution is -2.58. The van der Waals surface area contributed by atoms with Crippen LogP contribution >= 0.6 is 0 Å². The molecule has 33 heavy (non-hydrogen) atoms. The van der Waals surface area contributed by atoms with Gasteiger partial charge < -0.3 is 9.47 Å². The number of nitrogens with zero attached hydrogens (tertiary/aromatic N) is 6. The molecule has 0 unspecified atom stereocenters. The smallest absolute Gasteiger partial charge is 0.252 e. The molecule has 1 fully saturated rings. The molecule has 1 aromatic carbocycles. The molecule has 0 N–H and O–H groups in total. The molecule has 0 saturated carbocycles. The van der Waals surface area contributed by atoms with E-state index in [4.69, 9.17) is 5.26 Å². The van der Waals surface area contributed by atoms with Crippen LogP contribution in [0.4, 0.5) is 5.69 Å². The number of pyridine rings is 1. The first kappa shape index (κ1) is 23.1. The number of nitriles is 1. The molecular formula is C26H34N6O. The fraction of sp³-hybridized carbons (Fsp3) is 0.500. The van der Waals surface area contributed by atoms with Gasteiger partial charge >= 0.3 is 0 Å². The molecular weight excluding hydrogens is 412 g/mol. The Kier molecular flexibility index (Phi) is 6.57. The van der Waals surface area contributed by atoms with Gasteiger partial charge in [-0.2, -0.15) is 10.4 Å². The monoisotopic (exact) mass is 446 g/mol. The van der Waals surface area contributed by atoms with Crippen molar-refractivity contribution < 1.29 is 0 Å². The molecule has 7 nitrogen and oxygen atoms in total. The number of hydrogen-bond donors (Lipinski definition) is 0. The minimum Gasteiger partial charge on any atom is -0.364 e. The SMILES string of the molecule is CC[C@H]1CN([C@@H](C)c2ccc(C)cc2)[C@H](CC)CN1c1cc(=O)n(C)c2cn(CC#N)nc12. The summed E-state index contributed by atoms with van der Waals surface area (Å²) in [6.07, 6.45) is 3.81. The summed E-state index contributed by atoms with van der Waals surface area (Å²) >= 11 is 0. The summed E-state index contributed by atoms with van der Waals surface area (Å²) in [5.74, 6) is 0. The molecule has 4 rings (SSSR count). The lowest BCUT2D eigenvalue weighted by molar-refractivity contribution is 0.101. The van der Waals surface area contributed by atoms with Crippen molar-refractivity contribution in [2.75, 3.05) is 18.0 Å². The molecule has 3 aromatic rings. The minimum atomic E-state index is -0.0487. The third-order valence-electron chi connectivity index (χ3n) is 7.22. The molecule has 3 atom stereocenters. The number of anilines is 1. The Hall–Kier alpha value is -3.11. The molecule has 0 aliphatic carbocycles. The first-order valence-electron chi connectivity index (χ1n) is 11.9. The van der Waals surface area contributed by atoms with Gasteiger partial charge in [-0.25, -0.2) is 0 Å². The zero-order valence-electron chi connectivity index (χ0n) is 20.3. The quantitative estimate of drug-likeness (QED) is 0.572. The Balaban J connectivity index is 1.72. The highest BCUT2D eigenvalue weighted by molar-refractivity contribution is 5.88. The largest absolute Gasteiger partial charge is 0.364 e. The summed E-state index contributed by atoms with van der Waals surface area (Å²) in [6.45, 7) is 10.8. The van der Waals surface area contributed by atoms with Crippen LogP contribution in [-0.4, -0.2) is 44.4 Å². The number of hydrogen-bond acceptors (Lipinski definition) is 5. The maximum atomic E-state index is 12.8. The van der Waals surface area contributed by atoms with E-state index in [1.54, 1.807) is 28.6 Å². The van der Waals surface area contributed by atoms with Crippen molar-refractivity contribution in [2.24, 2.45) is 7.05 Å². The van der Waals surface area contributed by atoms with Crippen LogP contribution in [0.15, 0.2) is 41.3 Å². The summed E-state index contributed by atoms with van der Waals surface area (Å²) in [4.78, 5) is 17.8. The van der Waals surface area contributed by atoms with Crippen LogP contribution < -0.4 is 10.5 Å². The Morgan fingerprint density at radius 3 is 2.48 bits per heavy atom. The van der Waals surface area contributed by atoms with E-state index in [0.29, 0.717) is 12.1 Å². The summed E-state index contributed by atoms with van der Waals surface area (Å²) < 4.78 is 3.25. The highest BCUT2D eigenvalue weighted by Gasteiger charge is 2.36. The number of aromatic nitrogens is 3. The van der Waals surface area contributed by atoms with Gasteiger partial charge in [0.2, 0.25) is 0 Å². The summed E-state index contributed by atoms with van der Waals surface area (Å²) in [7, 11) is 1.76. The van der Waals surface area contributed by atoms with Gasteiger partial charge in [-0.1, -0.05) is 43.7 Å². The van der Waals surface area contributed by atoms with E-state index >= 15 is 0 Å². The van der Waals surface area contributed by atoms with E-state index < -0.39 is 0 Å². The fourth-order valence-electron chi connectivity index (χ4n) is 5.10. The second-order valence-electron chi connectivity index (χ2n) is 9.21. The average Bonchev–Trinajstić information content (AvgIpc) is 3.25. The van der Waals surface area contributed by atoms with Crippen LogP contribution in [0.2, 0.25) is 0 Å². The molecule has 1 saturated heterocycles. The highest BCUT2D eigenvalue weighted by Crippen LogP contribution is 2.34. The molecule has 1 aliphatic rings. The van der Waals surface area contributed by atoms with E-state index in [9.17, 15) is 4.79 Å². The van der Waals surface area contributed by atoms with Gasteiger partial charge in [-0.15, -0.1) is 0 Å². The van der Waals surface area contributed by atoms with Gasteiger partial charge in [0.25, 0.3) is 5.56 Å². The van der Waals surface area contributed by atoms with Crippen molar-refractivity contribution in [1.29, 1.82) is 5.26 Å². The van der Waals surface area contributed by atoms with Crippen molar-refractivity contribution in [2.45, 2.75) is 65.2 Å². The maximum Gasteiger partial charge on any atom is 0.252 e. The predicted molar refractivity (Wildman–Crippen MR) is 132 cm³/mol. The van der Waals surface area contributed by atoms with E-state index in [1.165, 1.54) is 11.1 Å². The second-order valence-corrected chi connectivity index (χ2v) is 9.21. The second kappa shape index (κ2) is 9.40. The predicted octanol–water partition coefficient (Wildman–Crippen LogP) is 4.01. The number of fused-ring (bicyclic) bond motifs is 1. The molecule has 0 bridgehead atoms. The first-order valence-corrected chi connectivity index (χ1v) is 11.9. The highest BCUT2D eigenvalue weighted by atomic mass is 16.1. The van der Waals surface area contributed by atoms with Gasteiger partial charge in [-0.05, 0) is 32.3 Å². The molecule has 0 amide bonds. The van der Waals surface area contributed by atoms with Gasteiger partial charge in [0.15, 0.2) is 0 Å². The molecule has 1 aliphatic heterocycles. The Bertz CT molecular complexity index is 1220. The Morgan fingerprint density at radius 2 is 1.85 bits per heavy atom. The summed E-state index contributed by atoms with van der Waals surface area (Å²) in [5.41, 5.74) is 5.02.